The highest BCUT2D eigenvalue weighted by Gasteiger charge is 2.23. The molecule has 1 amide bonds. The van der Waals surface area contributed by atoms with Crippen LogP contribution >= 0.6 is 0 Å². The van der Waals surface area contributed by atoms with Crippen LogP contribution in [0.5, 0.6) is 0 Å². The molecule has 1 saturated heterocycles. The molecule has 12 heteroatoms. The number of amides is 1. The van der Waals surface area contributed by atoms with E-state index in [-0.39, 0.29) is 28.8 Å². The van der Waals surface area contributed by atoms with Crippen molar-refractivity contribution in [3.63, 3.8) is 0 Å². The van der Waals surface area contributed by atoms with Crippen LogP contribution in [0.3, 0.4) is 0 Å². The molecule has 3 aromatic heterocycles. The molecule has 1 aliphatic rings. The van der Waals surface area contributed by atoms with Gasteiger partial charge < -0.3 is 15.2 Å². The van der Waals surface area contributed by atoms with Crippen molar-refractivity contribution in [2.45, 2.75) is 6.54 Å². The van der Waals surface area contributed by atoms with Crippen molar-refractivity contribution in [2.24, 2.45) is 0 Å². The van der Waals surface area contributed by atoms with Crippen molar-refractivity contribution in [3.05, 3.63) is 69.7 Å². The number of hydrogen-bond acceptors (Lipinski definition) is 6. The highest BCUT2D eigenvalue weighted by molar-refractivity contribution is 5.92. The number of halogens is 3. The second kappa shape index (κ2) is 8.45. The van der Waals surface area contributed by atoms with Gasteiger partial charge in [-0.15, -0.1) is 5.10 Å². The minimum Gasteiger partial charge on any atom is -0.365 e. The largest absolute Gasteiger partial charge is 0.365 e. The Kier molecular flexibility index (Phi) is 5.44. The van der Waals surface area contributed by atoms with Crippen molar-refractivity contribution < 1.29 is 18.0 Å². The minimum absolute atomic E-state index is 0.00153. The van der Waals surface area contributed by atoms with Crippen LogP contribution in [0.25, 0.3) is 16.6 Å². The van der Waals surface area contributed by atoms with Crippen LogP contribution in [-0.4, -0.2) is 63.6 Å². The Morgan fingerprint density at radius 1 is 1.09 bits per heavy atom. The summed E-state index contributed by atoms with van der Waals surface area (Å²) in [7, 11) is 1.45. The summed E-state index contributed by atoms with van der Waals surface area (Å²) in [6.45, 7) is 2.32. The average molecular weight is 471 g/mol. The highest BCUT2D eigenvalue weighted by atomic mass is 19.1. The first-order valence-electron chi connectivity index (χ1n) is 10.6. The van der Waals surface area contributed by atoms with Gasteiger partial charge >= 0.3 is 0 Å². The van der Waals surface area contributed by atoms with E-state index in [1.54, 1.807) is 12.1 Å². The number of pyridine rings is 1. The molecule has 4 heterocycles. The van der Waals surface area contributed by atoms with E-state index in [0.29, 0.717) is 37.4 Å². The number of fused-ring (bicyclic) bond motifs is 3. The lowest BCUT2D eigenvalue weighted by Crippen LogP contribution is -2.46. The van der Waals surface area contributed by atoms with Gasteiger partial charge in [0.05, 0.1) is 11.2 Å². The zero-order valence-corrected chi connectivity index (χ0v) is 18.1. The molecule has 0 radical (unpaired) electrons. The zero-order chi connectivity index (χ0) is 24.0. The number of piperazine rings is 1. The van der Waals surface area contributed by atoms with Crippen LogP contribution in [-0.2, 0) is 6.54 Å². The predicted octanol–water partition coefficient (Wildman–Crippen LogP) is 1.67. The molecule has 0 atom stereocenters. The van der Waals surface area contributed by atoms with Gasteiger partial charge in [-0.05, 0) is 18.2 Å². The summed E-state index contributed by atoms with van der Waals surface area (Å²) >= 11 is 0. The van der Waals surface area contributed by atoms with Crippen molar-refractivity contribution in [1.82, 2.24) is 29.8 Å². The normalized spacial score (nSPS) is 14.8. The monoisotopic (exact) mass is 471 g/mol. The summed E-state index contributed by atoms with van der Waals surface area (Å²) < 4.78 is 44.3. The molecule has 0 bridgehead atoms. The van der Waals surface area contributed by atoms with Crippen LogP contribution in [0, 0.1) is 17.7 Å². The topological polar surface area (TPSA) is 98.6 Å². The number of hydrogen-bond donors (Lipinski definition) is 2. The molecular weight excluding hydrogens is 451 g/mol. The second-order valence-corrected chi connectivity index (χ2v) is 8.00. The van der Waals surface area contributed by atoms with Gasteiger partial charge in [0.15, 0.2) is 5.82 Å². The maximum Gasteiger partial charge on any atom is 0.274 e. The molecule has 4 aromatic rings. The van der Waals surface area contributed by atoms with Gasteiger partial charge in [-0.1, -0.05) is 6.07 Å². The third kappa shape index (κ3) is 3.75. The third-order valence-electron chi connectivity index (χ3n) is 5.97. The molecule has 34 heavy (non-hydrogen) atoms. The van der Waals surface area contributed by atoms with Crippen molar-refractivity contribution in [3.8, 4) is 0 Å². The Balaban J connectivity index is 1.32. The number of carbonyl (C=O) groups is 1. The summed E-state index contributed by atoms with van der Waals surface area (Å²) in [6, 6.07) is 7.17. The lowest BCUT2D eigenvalue weighted by molar-refractivity contribution is 0.0957. The SMILES string of the molecule is CNC(=O)c1ccc(N2CCN(Cc3ccc4c([nH]c(=O)c5cc(F)nn54)c3F)CC2)c(F)n1. The number of H-pyrrole nitrogens is 1. The van der Waals surface area contributed by atoms with Crippen molar-refractivity contribution >= 4 is 28.1 Å². The number of rotatable bonds is 4. The molecule has 9 nitrogen and oxygen atoms in total. The van der Waals surface area contributed by atoms with E-state index in [4.69, 9.17) is 0 Å². The molecule has 0 unspecified atom stereocenters. The van der Waals surface area contributed by atoms with Gasteiger partial charge in [-0.3, -0.25) is 14.5 Å². The van der Waals surface area contributed by atoms with Crippen LogP contribution in [0.1, 0.15) is 16.1 Å². The first-order valence-corrected chi connectivity index (χ1v) is 10.6. The summed E-state index contributed by atoms with van der Waals surface area (Å²) in [4.78, 5) is 33.9. The van der Waals surface area contributed by atoms with Gasteiger partial charge in [-0.2, -0.15) is 8.78 Å². The molecule has 1 fully saturated rings. The van der Waals surface area contributed by atoms with E-state index in [1.807, 2.05) is 9.80 Å². The smallest absolute Gasteiger partial charge is 0.274 e. The summed E-state index contributed by atoms with van der Waals surface area (Å²) in [6.07, 6.45) is 0. The Labute approximate surface area is 190 Å². The number of nitrogens with one attached hydrogen (secondary N) is 2. The lowest BCUT2D eigenvalue weighted by Gasteiger charge is -2.36. The van der Waals surface area contributed by atoms with Gasteiger partial charge in [-0.25, -0.2) is 13.9 Å². The first kappa shape index (κ1) is 21.9. The quantitative estimate of drug-likeness (QED) is 0.440. The Morgan fingerprint density at radius 3 is 2.56 bits per heavy atom. The van der Waals surface area contributed by atoms with E-state index in [0.717, 1.165) is 10.6 Å². The third-order valence-corrected chi connectivity index (χ3v) is 5.97. The van der Waals surface area contributed by atoms with E-state index in [9.17, 15) is 18.4 Å². The molecule has 1 aromatic carbocycles. The van der Waals surface area contributed by atoms with E-state index in [1.165, 1.54) is 19.2 Å². The molecule has 0 spiro atoms. The lowest BCUT2D eigenvalue weighted by atomic mass is 10.1. The molecule has 5 rings (SSSR count). The number of aromatic nitrogens is 4. The molecule has 0 saturated carbocycles. The summed E-state index contributed by atoms with van der Waals surface area (Å²) in [5.41, 5.74) is 0.254. The van der Waals surface area contributed by atoms with Crippen LogP contribution in [0.4, 0.5) is 18.9 Å². The number of anilines is 1. The second-order valence-electron chi connectivity index (χ2n) is 8.00. The number of benzene rings is 1. The van der Waals surface area contributed by atoms with Crippen LogP contribution in [0.2, 0.25) is 0 Å². The summed E-state index contributed by atoms with van der Waals surface area (Å²) in [5, 5.41) is 6.05. The standard InChI is InChI=1S/C22H20F3N7O2/c1-26-21(33)13-3-5-15(20(25)27-13)31-8-6-30(7-9-31)11-12-2-4-14-19(18(12)24)28-22(34)16-10-17(23)29-32(14)16/h2-5,10H,6-9,11H2,1H3,(H,26,33)(H,28,34). The van der Waals surface area contributed by atoms with Crippen LogP contribution < -0.4 is 15.8 Å². The minimum atomic E-state index is -0.824. The molecule has 0 aliphatic carbocycles. The Hall–Kier alpha value is -3.93. The maximum absolute atomic E-state index is 15.2. The number of carbonyl (C=O) groups excluding carboxylic acids is 1. The van der Waals surface area contributed by atoms with E-state index >= 15 is 4.39 Å². The molecular formula is C22H20F3N7O2. The van der Waals surface area contributed by atoms with Crippen molar-refractivity contribution in [2.75, 3.05) is 38.1 Å². The average Bonchev–Trinajstić information content (AvgIpc) is 3.24. The van der Waals surface area contributed by atoms with Gasteiger partial charge in [0, 0.05) is 51.4 Å². The summed E-state index contributed by atoms with van der Waals surface area (Å²) in [5.74, 6) is -2.61. The van der Waals surface area contributed by atoms with E-state index < -0.39 is 29.2 Å². The van der Waals surface area contributed by atoms with E-state index in [2.05, 4.69) is 20.4 Å². The molecule has 176 valence electrons. The molecule has 1 aliphatic heterocycles. The Morgan fingerprint density at radius 2 is 1.85 bits per heavy atom. The fourth-order valence-corrected chi connectivity index (χ4v) is 4.21. The molecule has 2 N–H and O–H groups in total. The Bertz CT molecular complexity index is 1480. The first-order chi connectivity index (χ1) is 16.4. The highest BCUT2D eigenvalue weighted by Crippen LogP contribution is 2.23. The maximum atomic E-state index is 15.2. The van der Waals surface area contributed by atoms with Gasteiger partial charge in [0.2, 0.25) is 11.9 Å². The van der Waals surface area contributed by atoms with Crippen molar-refractivity contribution in [1.29, 1.82) is 0 Å². The number of nitrogens with zero attached hydrogens (tertiary/aromatic N) is 5. The van der Waals surface area contributed by atoms with Gasteiger partial charge in [0.1, 0.15) is 16.7 Å². The van der Waals surface area contributed by atoms with Crippen LogP contribution in [0.15, 0.2) is 35.1 Å². The number of aromatic amines is 1. The van der Waals surface area contributed by atoms with Gasteiger partial charge in [0.25, 0.3) is 11.5 Å². The fraction of sp³-hybridized carbons (Fsp3) is 0.273. The predicted molar refractivity (Wildman–Crippen MR) is 118 cm³/mol. The fourth-order valence-electron chi connectivity index (χ4n) is 4.21. The zero-order valence-electron chi connectivity index (χ0n) is 18.1.